The first-order chi connectivity index (χ1) is 5.22. The van der Waals surface area contributed by atoms with E-state index in [-0.39, 0.29) is 0 Å². The van der Waals surface area contributed by atoms with E-state index in [1.54, 1.807) is 0 Å². The van der Waals surface area contributed by atoms with Crippen LogP contribution in [0, 0.1) is 11.8 Å². The molecule has 1 aliphatic carbocycles. The highest BCUT2D eigenvalue weighted by Gasteiger charge is 2.46. The Balaban J connectivity index is 2.06. The lowest BCUT2D eigenvalue weighted by atomic mass is 9.94. The van der Waals surface area contributed by atoms with Crippen molar-refractivity contribution in [1.29, 1.82) is 0 Å². The molecular weight excluding hydrogens is 134 g/mol. The van der Waals surface area contributed by atoms with Gasteiger partial charge in [0.25, 0.3) is 0 Å². The highest BCUT2D eigenvalue weighted by atomic mass is 15.0. The van der Waals surface area contributed by atoms with Crippen molar-refractivity contribution >= 4 is 0 Å². The van der Waals surface area contributed by atoms with Crippen LogP contribution >= 0.6 is 0 Å². The fraction of sp³-hybridized carbons (Fsp3) is 1.00. The van der Waals surface area contributed by atoms with Crippen LogP contribution in [-0.4, -0.2) is 12.1 Å². The molecule has 0 bridgehead atoms. The first-order valence-electron chi connectivity index (χ1n) is 5.06. The normalized spacial score (nSPS) is 42.0. The van der Waals surface area contributed by atoms with Gasteiger partial charge in [-0.15, -0.1) is 0 Å². The van der Waals surface area contributed by atoms with E-state index in [4.69, 9.17) is 0 Å². The van der Waals surface area contributed by atoms with Gasteiger partial charge >= 0.3 is 0 Å². The zero-order chi connectivity index (χ0) is 7.90. The molecule has 2 fully saturated rings. The molecule has 0 amide bonds. The summed E-state index contributed by atoms with van der Waals surface area (Å²) in [6, 6.07) is 0. The van der Waals surface area contributed by atoms with Crippen LogP contribution in [0.3, 0.4) is 0 Å². The van der Waals surface area contributed by atoms with E-state index in [1.165, 1.54) is 32.2 Å². The lowest BCUT2D eigenvalue weighted by Crippen LogP contribution is -2.93. The van der Waals surface area contributed by atoms with Crippen molar-refractivity contribution in [3.63, 3.8) is 0 Å². The second kappa shape index (κ2) is 2.48. The molecule has 2 aliphatic rings. The summed E-state index contributed by atoms with van der Waals surface area (Å²) in [6.07, 6.45) is 5.91. The predicted octanol–water partition coefficient (Wildman–Crippen LogP) is 1.15. The fourth-order valence-corrected chi connectivity index (χ4v) is 3.10. The van der Waals surface area contributed by atoms with Gasteiger partial charge in [-0.25, -0.2) is 0 Å². The van der Waals surface area contributed by atoms with Gasteiger partial charge < -0.3 is 5.32 Å². The number of rotatable bonds is 0. The Morgan fingerprint density at radius 3 is 2.27 bits per heavy atom. The van der Waals surface area contributed by atoms with E-state index < -0.39 is 0 Å². The van der Waals surface area contributed by atoms with Gasteiger partial charge in [-0.3, -0.25) is 0 Å². The SMILES string of the molecule is C[C@@H]1CC2(CCC[NH2+]2)C[C@H]1C. The second-order valence-corrected chi connectivity index (χ2v) is 4.82. The van der Waals surface area contributed by atoms with Gasteiger partial charge in [0.15, 0.2) is 0 Å². The molecule has 0 radical (unpaired) electrons. The Labute approximate surface area is 69.6 Å². The minimum absolute atomic E-state index is 0.707. The quantitative estimate of drug-likeness (QED) is 0.539. The van der Waals surface area contributed by atoms with E-state index in [0.717, 1.165) is 11.8 Å². The molecule has 1 aliphatic heterocycles. The van der Waals surface area contributed by atoms with E-state index in [9.17, 15) is 0 Å². The Morgan fingerprint density at radius 2 is 1.82 bits per heavy atom. The molecule has 1 heterocycles. The summed E-state index contributed by atoms with van der Waals surface area (Å²) < 4.78 is 0. The second-order valence-electron chi connectivity index (χ2n) is 4.82. The van der Waals surface area contributed by atoms with Crippen molar-refractivity contribution in [2.45, 2.75) is 45.1 Å². The minimum atomic E-state index is 0.707. The molecule has 2 atom stereocenters. The molecule has 64 valence electrons. The third kappa shape index (κ3) is 1.20. The Hall–Kier alpha value is -0.0400. The van der Waals surface area contributed by atoms with E-state index in [2.05, 4.69) is 19.2 Å². The van der Waals surface area contributed by atoms with E-state index in [0.29, 0.717) is 5.54 Å². The summed E-state index contributed by atoms with van der Waals surface area (Å²) in [7, 11) is 0. The van der Waals surface area contributed by atoms with Gasteiger partial charge in [0.1, 0.15) is 0 Å². The molecular formula is C10H20N+. The summed E-state index contributed by atoms with van der Waals surface area (Å²) in [4.78, 5) is 0. The predicted molar refractivity (Wildman–Crippen MR) is 46.3 cm³/mol. The highest BCUT2D eigenvalue weighted by Crippen LogP contribution is 2.40. The molecule has 1 saturated carbocycles. The lowest BCUT2D eigenvalue weighted by Gasteiger charge is -2.19. The summed E-state index contributed by atoms with van der Waals surface area (Å²) >= 11 is 0. The smallest absolute Gasteiger partial charge is 0.0968 e. The van der Waals surface area contributed by atoms with E-state index >= 15 is 0 Å². The van der Waals surface area contributed by atoms with Gasteiger partial charge in [0, 0.05) is 25.7 Å². The van der Waals surface area contributed by atoms with Crippen LogP contribution < -0.4 is 5.32 Å². The molecule has 0 aromatic carbocycles. The first kappa shape index (κ1) is 7.60. The highest BCUT2D eigenvalue weighted by molar-refractivity contribution is 4.92. The molecule has 1 spiro atoms. The third-order valence-corrected chi connectivity index (χ3v) is 3.88. The van der Waals surface area contributed by atoms with Gasteiger partial charge in [0.05, 0.1) is 12.1 Å². The van der Waals surface area contributed by atoms with Crippen molar-refractivity contribution in [1.82, 2.24) is 0 Å². The van der Waals surface area contributed by atoms with Crippen molar-refractivity contribution in [3.8, 4) is 0 Å². The molecule has 2 N–H and O–H groups in total. The summed E-state index contributed by atoms with van der Waals surface area (Å²) in [5, 5.41) is 2.62. The van der Waals surface area contributed by atoms with Crippen LogP contribution in [0.25, 0.3) is 0 Å². The fourth-order valence-electron chi connectivity index (χ4n) is 3.10. The molecule has 0 unspecified atom stereocenters. The van der Waals surface area contributed by atoms with Crippen LogP contribution in [0.1, 0.15) is 39.5 Å². The average Bonchev–Trinajstić information content (AvgIpc) is 2.46. The molecule has 2 rings (SSSR count). The molecule has 1 saturated heterocycles. The lowest BCUT2D eigenvalue weighted by molar-refractivity contribution is -0.707. The first-order valence-corrected chi connectivity index (χ1v) is 5.06. The van der Waals surface area contributed by atoms with Gasteiger partial charge in [-0.1, -0.05) is 13.8 Å². The van der Waals surface area contributed by atoms with Crippen LogP contribution in [-0.2, 0) is 0 Å². The largest absolute Gasteiger partial charge is 0.341 e. The maximum Gasteiger partial charge on any atom is 0.0968 e. The van der Waals surface area contributed by atoms with Crippen molar-refractivity contribution in [2.75, 3.05) is 6.54 Å². The summed E-state index contributed by atoms with van der Waals surface area (Å²) in [6.45, 7) is 6.23. The average molecular weight is 154 g/mol. The van der Waals surface area contributed by atoms with Gasteiger partial charge in [-0.2, -0.15) is 0 Å². The molecule has 11 heavy (non-hydrogen) atoms. The molecule has 1 nitrogen and oxygen atoms in total. The summed E-state index contributed by atoms with van der Waals surface area (Å²) in [5.41, 5.74) is 0.707. The Kier molecular flexibility index (Phi) is 1.71. The maximum atomic E-state index is 2.62. The van der Waals surface area contributed by atoms with Crippen molar-refractivity contribution in [2.24, 2.45) is 11.8 Å². The molecule has 0 aromatic rings. The topological polar surface area (TPSA) is 16.6 Å². The zero-order valence-corrected chi connectivity index (χ0v) is 7.77. The van der Waals surface area contributed by atoms with E-state index in [1.807, 2.05) is 0 Å². The van der Waals surface area contributed by atoms with Crippen LogP contribution in [0.5, 0.6) is 0 Å². The van der Waals surface area contributed by atoms with Gasteiger partial charge in [-0.05, 0) is 11.8 Å². The number of hydrogen-bond donors (Lipinski definition) is 1. The van der Waals surface area contributed by atoms with Crippen LogP contribution in [0.2, 0.25) is 0 Å². The Bertz CT molecular complexity index is 135. The molecule has 1 heteroatoms. The Morgan fingerprint density at radius 1 is 1.18 bits per heavy atom. The monoisotopic (exact) mass is 154 g/mol. The number of quaternary nitrogens is 1. The van der Waals surface area contributed by atoms with Crippen molar-refractivity contribution in [3.05, 3.63) is 0 Å². The summed E-state index contributed by atoms with van der Waals surface area (Å²) in [5.74, 6) is 1.95. The van der Waals surface area contributed by atoms with Gasteiger partial charge in [0.2, 0.25) is 0 Å². The van der Waals surface area contributed by atoms with Crippen molar-refractivity contribution < 1.29 is 5.32 Å². The number of hydrogen-bond acceptors (Lipinski definition) is 0. The standard InChI is InChI=1S/C10H19N/c1-8-6-10(7-9(8)2)4-3-5-11-10/h8-9,11H,3-7H2,1-2H3/p+1/t8-,9-/m1/s1. The van der Waals surface area contributed by atoms with Crippen LogP contribution in [0.15, 0.2) is 0 Å². The minimum Gasteiger partial charge on any atom is -0.341 e. The third-order valence-electron chi connectivity index (χ3n) is 3.88. The van der Waals surface area contributed by atoms with Crippen LogP contribution in [0.4, 0.5) is 0 Å². The number of nitrogens with two attached hydrogens (primary N) is 1. The maximum absolute atomic E-state index is 2.62. The molecule has 0 aromatic heterocycles. The zero-order valence-electron chi connectivity index (χ0n) is 7.77.